The molecular weight excluding hydrogens is 286 g/mol. The van der Waals surface area contributed by atoms with Gasteiger partial charge in [0.25, 0.3) is 11.6 Å². The molecule has 1 aliphatic rings. The number of ether oxygens (including phenoxy) is 1. The van der Waals surface area contributed by atoms with Crippen LogP contribution >= 0.6 is 11.6 Å². The number of carbonyl (C=O) groups is 1. The van der Waals surface area contributed by atoms with Gasteiger partial charge in [-0.3, -0.25) is 14.9 Å². The van der Waals surface area contributed by atoms with Gasteiger partial charge in [0.2, 0.25) is 0 Å². The van der Waals surface area contributed by atoms with Crippen LogP contribution in [0.1, 0.15) is 10.4 Å². The number of hydrogen-bond donors (Lipinski definition) is 1. The number of rotatable bonds is 3. The molecule has 0 aliphatic carbocycles. The molecule has 1 saturated heterocycles. The summed E-state index contributed by atoms with van der Waals surface area (Å²) in [4.78, 5) is 24.1. The van der Waals surface area contributed by atoms with Crippen molar-refractivity contribution in [3.8, 4) is 0 Å². The number of nitrogens with two attached hydrogens (primary N) is 1. The Hall–Kier alpha value is -1.70. The highest BCUT2D eigenvalue weighted by atomic mass is 35.5. The number of non-ortho nitro benzene ring substituents is 1. The fourth-order valence-electron chi connectivity index (χ4n) is 2.03. The zero-order chi connectivity index (χ0) is 14.7. The lowest BCUT2D eigenvalue weighted by Gasteiger charge is -2.32. The lowest BCUT2D eigenvalue weighted by Crippen LogP contribution is -2.48. The van der Waals surface area contributed by atoms with Gasteiger partial charge in [-0.1, -0.05) is 11.6 Å². The molecular formula is C12H14ClN3O4. The predicted octanol–water partition coefficient (Wildman–Crippen LogP) is 1.05. The van der Waals surface area contributed by atoms with E-state index in [1.165, 1.54) is 18.2 Å². The van der Waals surface area contributed by atoms with Crippen molar-refractivity contribution in [1.29, 1.82) is 0 Å². The third-order valence-electron chi connectivity index (χ3n) is 3.03. The highest BCUT2D eigenvalue weighted by Crippen LogP contribution is 2.22. The van der Waals surface area contributed by atoms with Crippen molar-refractivity contribution in [2.45, 2.75) is 6.10 Å². The van der Waals surface area contributed by atoms with Crippen LogP contribution in [-0.4, -0.2) is 48.1 Å². The van der Waals surface area contributed by atoms with Crippen LogP contribution in [0.2, 0.25) is 5.02 Å². The second-order valence-electron chi connectivity index (χ2n) is 4.43. The van der Waals surface area contributed by atoms with E-state index in [2.05, 4.69) is 0 Å². The summed E-state index contributed by atoms with van der Waals surface area (Å²) in [7, 11) is 0. The smallest absolute Gasteiger partial charge is 0.271 e. The van der Waals surface area contributed by atoms with Crippen molar-refractivity contribution in [1.82, 2.24) is 4.90 Å². The summed E-state index contributed by atoms with van der Waals surface area (Å²) >= 11 is 5.81. The summed E-state index contributed by atoms with van der Waals surface area (Å²) in [6.07, 6.45) is -0.207. The van der Waals surface area contributed by atoms with E-state index in [1.54, 1.807) is 4.90 Å². The molecule has 20 heavy (non-hydrogen) atoms. The maximum Gasteiger partial charge on any atom is 0.271 e. The lowest BCUT2D eigenvalue weighted by atomic mass is 10.1. The SMILES string of the molecule is NCC1CN(C(=O)c2cc(Cl)cc([N+](=O)[O-])c2)CCO1. The molecule has 1 aromatic carbocycles. The number of halogens is 1. The van der Waals surface area contributed by atoms with Gasteiger partial charge < -0.3 is 15.4 Å². The van der Waals surface area contributed by atoms with E-state index in [1.807, 2.05) is 0 Å². The quantitative estimate of drug-likeness (QED) is 0.664. The average molecular weight is 300 g/mol. The van der Waals surface area contributed by atoms with Crippen LogP contribution in [0.3, 0.4) is 0 Å². The molecule has 1 fully saturated rings. The highest BCUT2D eigenvalue weighted by molar-refractivity contribution is 6.31. The van der Waals surface area contributed by atoms with Gasteiger partial charge in [0.05, 0.1) is 17.6 Å². The predicted molar refractivity (Wildman–Crippen MR) is 72.8 cm³/mol. The molecule has 1 amide bonds. The van der Waals surface area contributed by atoms with Gasteiger partial charge in [0.1, 0.15) is 0 Å². The molecule has 7 nitrogen and oxygen atoms in total. The first kappa shape index (κ1) is 14.7. The summed E-state index contributed by atoms with van der Waals surface area (Å²) in [6, 6.07) is 3.85. The zero-order valence-electron chi connectivity index (χ0n) is 10.6. The fraction of sp³-hybridized carbons (Fsp3) is 0.417. The summed E-state index contributed by atoms with van der Waals surface area (Å²) in [5.74, 6) is -0.308. The van der Waals surface area contributed by atoms with E-state index in [0.717, 1.165) is 0 Å². The Labute approximate surface area is 120 Å². The molecule has 0 aromatic heterocycles. The molecule has 1 atom stereocenters. The van der Waals surface area contributed by atoms with Gasteiger partial charge in [-0.15, -0.1) is 0 Å². The normalized spacial score (nSPS) is 18.9. The van der Waals surface area contributed by atoms with Crippen LogP contribution < -0.4 is 5.73 Å². The molecule has 1 aliphatic heterocycles. The highest BCUT2D eigenvalue weighted by Gasteiger charge is 2.25. The van der Waals surface area contributed by atoms with Gasteiger partial charge in [-0.2, -0.15) is 0 Å². The van der Waals surface area contributed by atoms with E-state index in [9.17, 15) is 14.9 Å². The van der Waals surface area contributed by atoms with Gasteiger partial charge in [-0.05, 0) is 6.07 Å². The third-order valence-corrected chi connectivity index (χ3v) is 3.25. The largest absolute Gasteiger partial charge is 0.373 e. The van der Waals surface area contributed by atoms with Crippen molar-refractivity contribution >= 4 is 23.2 Å². The minimum atomic E-state index is -0.579. The Morgan fingerprint density at radius 2 is 2.30 bits per heavy atom. The first-order valence-electron chi connectivity index (χ1n) is 6.07. The molecule has 2 rings (SSSR count). The summed E-state index contributed by atoms with van der Waals surface area (Å²) in [5.41, 5.74) is 5.51. The van der Waals surface area contributed by atoms with Crippen molar-refractivity contribution in [3.63, 3.8) is 0 Å². The Kier molecular flexibility index (Phi) is 4.53. The van der Waals surface area contributed by atoms with Gasteiger partial charge in [0, 0.05) is 42.4 Å². The van der Waals surface area contributed by atoms with E-state index >= 15 is 0 Å². The first-order valence-corrected chi connectivity index (χ1v) is 6.45. The molecule has 108 valence electrons. The van der Waals surface area contributed by atoms with Crippen LogP contribution in [0.15, 0.2) is 18.2 Å². The second-order valence-corrected chi connectivity index (χ2v) is 4.87. The van der Waals surface area contributed by atoms with Crippen molar-refractivity contribution < 1.29 is 14.5 Å². The number of morpholine rings is 1. The van der Waals surface area contributed by atoms with Crippen LogP contribution in [0.4, 0.5) is 5.69 Å². The lowest BCUT2D eigenvalue weighted by molar-refractivity contribution is -0.384. The Balaban J connectivity index is 2.22. The number of amides is 1. The number of carbonyl (C=O) groups excluding carboxylic acids is 1. The number of nitro groups is 1. The minimum Gasteiger partial charge on any atom is -0.373 e. The Morgan fingerprint density at radius 1 is 1.55 bits per heavy atom. The monoisotopic (exact) mass is 299 g/mol. The van der Waals surface area contributed by atoms with Crippen LogP contribution in [0.5, 0.6) is 0 Å². The van der Waals surface area contributed by atoms with E-state index < -0.39 is 4.92 Å². The van der Waals surface area contributed by atoms with E-state index in [-0.39, 0.29) is 28.3 Å². The van der Waals surface area contributed by atoms with Crippen molar-refractivity contribution in [2.24, 2.45) is 5.73 Å². The molecule has 2 N–H and O–H groups in total. The topological polar surface area (TPSA) is 98.7 Å². The second kappa shape index (κ2) is 6.17. The standard InChI is InChI=1S/C12H14ClN3O4/c13-9-3-8(4-10(5-9)16(18)19)12(17)15-1-2-20-11(6-14)7-15/h3-5,11H,1-2,6-7,14H2. The molecule has 0 spiro atoms. The third kappa shape index (κ3) is 3.24. The van der Waals surface area contributed by atoms with Gasteiger partial charge in [-0.25, -0.2) is 0 Å². The van der Waals surface area contributed by atoms with Crippen molar-refractivity contribution in [2.75, 3.05) is 26.2 Å². The van der Waals surface area contributed by atoms with Crippen LogP contribution in [0, 0.1) is 10.1 Å². The Morgan fingerprint density at radius 3 is 2.95 bits per heavy atom. The van der Waals surface area contributed by atoms with Crippen molar-refractivity contribution in [3.05, 3.63) is 38.9 Å². The molecule has 0 saturated carbocycles. The molecule has 1 heterocycles. The van der Waals surface area contributed by atoms with Crippen LogP contribution in [-0.2, 0) is 4.74 Å². The average Bonchev–Trinajstić information content (AvgIpc) is 2.45. The van der Waals surface area contributed by atoms with Gasteiger partial charge in [0.15, 0.2) is 0 Å². The number of nitrogens with zero attached hydrogens (tertiary/aromatic N) is 2. The molecule has 1 aromatic rings. The maximum atomic E-state index is 12.3. The number of benzene rings is 1. The van der Waals surface area contributed by atoms with E-state index in [4.69, 9.17) is 22.1 Å². The van der Waals surface area contributed by atoms with E-state index in [0.29, 0.717) is 26.2 Å². The first-order chi connectivity index (χ1) is 9.51. The minimum absolute atomic E-state index is 0.159. The molecule has 0 bridgehead atoms. The maximum absolute atomic E-state index is 12.3. The number of nitro benzene ring substituents is 1. The molecule has 0 radical (unpaired) electrons. The van der Waals surface area contributed by atoms with Crippen LogP contribution in [0.25, 0.3) is 0 Å². The summed E-state index contributed by atoms with van der Waals surface area (Å²) < 4.78 is 5.38. The fourth-order valence-corrected chi connectivity index (χ4v) is 2.26. The molecule has 1 unspecified atom stereocenters. The number of hydrogen-bond acceptors (Lipinski definition) is 5. The summed E-state index contributed by atoms with van der Waals surface area (Å²) in [6.45, 7) is 1.51. The van der Waals surface area contributed by atoms with Gasteiger partial charge >= 0.3 is 0 Å². The zero-order valence-corrected chi connectivity index (χ0v) is 11.4. The molecule has 8 heteroatoms. The summed E-state index contributed by atoms with van der Waals surface area (Å²) in [5, 5.41) is 10.9. The Bertz CT molecular complexity index is 537.